The summed E-state index contributed by atoms with van der Waals surface area (Å²) in [5.41, 5.74) is 0.827. The molecule has 1 heterocycles. The molecule has 116 valence electrons. The first-order valence-electron chi connectivity index (χ1n) is 7.96. The molecule has 2 bridgehead atoms. The van der Waals surface area contributed by atoms with Crippen molar-refractivity contribution in [2.75, 3.05) is 25.1 Å². The van der Waals surface area contributed by atoms with Gasteiger partial charge in [-0.25, -0.2) is 4.98 Å². The molecule has 4 nitrogen and oxygen atoms in total. The van der Waals surface area contributed by atoms with Gasteiger partial charge >= 0.3 is 5.97 Å². The third-order valence-electron chi connectivity index (χ3n) is 4.89. The molecule has 0 spiro atoms. The second-order valence-corrected chi connectivity index (χ2v) is 7.26. The molecule has 2 saturated carbocycles. The summed E-state index contributed by atoms with van der Waals surface area (Å²) in [6.45, 7) is 3.36. The highest BCUT2D eigenvalue weighted by molar-refractivity contribution is 7.13. The smallest absolute Gasteiger partial charge is 0.311 e. The van der Waals surface area contributed by atoms with E-state index in [1.165, 1.54) is 25.7 Å². The Morgan fingerprint density at radius 2 is 2.33 bits per heavy atom. The van der Waals surface area contributed by atoms with E-state index in [4.69, 9.17) is 4.74 Å². The zero-order chi connectivity index (χ0) is 14.8. The third kappa shape index (κ3) is 3.39. The van der Waals surface area contributed by atoms with Crippen LogP contribution in [0.1, 0.15) is 38.3 Å². The van der Waals surface area contributed by atoms with E-state index >= 15 is 0 Å². The number of anilines is 1. The molecule has 0 aromatic carbocycles. The normalized spacial score (nSPS) is 27.0. The van der Waals surface area contributed by atoms with Crippen LogP contribution >= 0.6 is 11.3 Å². The van der Waals surface area contributed by atoms with Gasteiger partial charge < -0.3 is 9.64 Å². The quantitative estimate of drug-likeness (QED) is 0.757. The summed E-state index contributed by atoms with van der Waals surface area (Å²) in [4.78, 5) is 18.3. The number of carbonyl (C=O) groups excluding carboxylic acids is 1. The summed E-state index contributed by atoms with van der Waals surface area (Å²) >= 11 is 1.63. The van der Waals surface area contributed by atoms with Crippen LogP contribution < -0.4 is 4.90 Å². The Hall–Kier alpha value is -1.10. The highest BCUT2D eigenvalue weighted by Gasteiger charge is 2.39. The first kappa shape index (κ1) is 14.8. The Bertz CT molecular complexity index is 502. The van der Waals surface area contributed by atoms with E-state index in [0.29, 0.717) is 6.61 Å². The van der Waals surface area contributed by atoms with Crippen molar-refractivity contribution in [1.82, 2.24) is 4.98 Å². The molecule has 1 aromatic heterocycles. The Balaban J connectivity index is 1.54. The van der Waals surface area contributed by atoms with E-state index in [1.807, 2.05) is 12.3 Å². The largest absolute Gasteiger partial charge is 0.466 e. The number of fused-ring (bicyclic) bond motifs is 2. The number of hydrogen-bond acceptors (Lipinski definition) is 5. The Morgan fingerprint density at radius 3 is 3.00 bits per heavy atom. The molecular weight excluding hydrogens is 284 g/mol. The molecule has 0 amide bonds. The SMILES string of the molecule is CCOC(=O)Cc1csc(N(C)CC2CC3CCC2C3)n1. The number of thiazole rings is 1. The average Bonchev–Trinajstić information content (AvgIpc) is 3.14. The molecule has 0 aliphatic heterocycles. The lowest BCUT2D eigenvalue weighted by molar-refractivity contribution is -0.142. The lowest BCUT2D eigenvalue weighted by atomic mass is 9.88. The Morgan fingerprint density at radius 1 is 1.48 bits per heavy atom. The minimum absolute atomic E-state index is 0.190. The summed E-state index contributed by atoms with van der Waals surface area (Å²) in [6.07, 6.45) is 6.01. The lowest BCUT2D eigenvalue weighted by Gasteiger charge is -2.26. The van der Waals surface area contributed by atoms with Crippen LogP contribution in [0, 0.1) is 17.8 Å². The Labute approximate surface area is 130 Å². The highest BCUT2D eigenvalue weighted by Crippen LogP contribution is 2.48. The van der Waals surface area contributed by atoms with Crippen LogP contribution in [0.15, 0.2) is 5.38 Å². The van der Waals surface area contributed by atoms with E-state index < -0.39 is 0 Å². The van der Waals surface area contributed by atoms with Crippen molar-refractivity contribution in [3.63, 3.8) is 0 Å². The number of esters is 1. The van der Waals surface area contributed by atoms with Gasteiger partial charge in [0.15, 0.2) is 5.13 Å². The van der Waals surface area contributed by atoms with Gasteiger partial charge in [0.25, 0.3) is 0 Å². The molecule has 1 aromatic rings. The molecule has 2 aliphatic carbocycles. The van der Waals surface area contributed by atoms with Crippen molar-refractivity contribution in [2.24, 2.45) is 17.8 Å². The van der Waals surface area contributed by atoms with Crippen molar-refractivity contribution < 1.29 is 9.53 Å². The first-order chi connectivity index (χ1) is 10.2. The molecule has 3 atom stereocenters. The van der Waals surface area contributed by atoms with Gasteiger partial charge in [-0.1, -0.05) is 6.42 Å². The standard InChI is InChI=1S/C16H24N2O2S/c1-3-20-15(19)8-14-10-21-16(17-14)18(2)9-13-7-11-4-5-12(13)6-11/h10-13H,3-9H2,1-2H3. The minimum atomic E-state index is -0.190. The van der Waals surface area contributed by atoms with Gasteiger partial charge in [-0.3, -0.25) is 4.79 Å². The van der Waals surface area contributed by atoms with Crippen molar-refractivity contribution in [2.45, 2.75) is 39.0 Å². The third-order valence-corrected chi connectivity index (χ3v) is 5.89. The van der Waals surface area contributed by atoms with Crippen molar-refractivity contribution in [1.29, 1.82) is 0 Å². The number of rotatable bonds is 6. The van der Waals surface area contributed by atoms with Gasteiger partial charge in [0.05, 0.1) is 18.7 Å². The molecule has 2 fully saturated rings. The highest BCUT2D eigenvalue weighted by atomic mass is 32.1. The van der Waals surface area contributed by atoms with Crippen LogP contribution in [0.2, 0.25) is 0 Å². The number of aromatic nitrogens is 1. The van der Waals surface area contributed by atoms with Crippen LogP contribution in [0.4, 0.5) is 5.13 Å². The van der Waals surface area contributed by atoms with Crippen LogP contribution in [0.5, 0.6) is 0 Å². The maximum atomic E-state index is 11.5. The number of ether oxygens (including phenoxy) is 1. The molecule has 0 radical (unpaired) electrons. The van der Waals surface area contributed by atoms with E-state index in [0.717, 1.165) is 35.1 Å². The second kappa shape index (κ2) is 6.34. The van der Waals surface area contributed by atoms with Gasteiger partial charge in [-0.05, 0) is 43.9 Å². The van der Waals surface area contributed by atoms with Gasteiger partial charge in [-0.2, -0.15) is 0 Å². The Kier molecular flexibility index (Phi) is 4.48. The fourth-order valence-corrected chi connectivity index (χ4v) is 4.74. The molecular formula is C16H24N2O2S. The molecule has 0 N–H and O–H groups in total. The van der Waals surface area contributed by atoms with Crippen molar-refractivity contribution in [3.8, 4) is 0 Å². The minimum Gasteiger partial charge on any atom is -0.466 e. The zero-order valence-electron chi connectivity index (χ0n) is 12.9. The first-order valence-corrected chi connectivity index (χ1v) is 8.84. The van der Waals surface area contributed by atoms with E-state index in [-0.39, 0.29) is 12.4 Å². The van der Waals surface area contributed by atoms with Crippen molar-refractivity contribution >= 4 is 22.4 Å². The number of carbonyl (C=O) groups is 1. The molecule has 5 heteroatoms. The molecule has 3 unspecified atom stereocenters. The number of hydrogen-bond donors (Lipinski definition) is 0. The van der Waals surface area contributed by atoms with Crippen LogP contribution in [0.3, 0.4) is 0 Å². The average molecular weight is 308 g/mol. The fourth-order valence-electron chi connectivity index (χ4n) is 3.94. The lowest BCUT2D eigenvalue weighted by Crippen LogP contribution is -2.28. The fraction of sp³-hybridized carbons (Fsp3) is 0.750. The van der Waals surface area contributed by atoms with Crippen LogP contribution in [0.25, 0.3) is 0 Å². The summed E-state index contributed by atoms with van der Waals surface area (Å²) < 4.78 is 4.97. The molecule has 3 rings (SSSR count). The van der Waals surface area contributed by atoms with Gasteiger partial charge in [-0.15, -0.1) is 11.3 Å². The van der Waals surface area contributed by atoms with E-state index in [9.17, 15) is 4.79 Å². The molecule has 21 heavy (non-hydrogen) atoms. The maximum Gasteiger partial charge on any atom is 0.311 e. The summed E-state index contributed by atoms with van der Waals surface area (Å²) in [5.74, 6) is 2.58. The summed E-state index contributed by atoms with van der Waals surface area (Å²) in [6, 6.07) is 0. The summed E-state index contributed by atoms with van der Waals surface area (Å²) in [5, 5.41) is 3.00. The molecule has 0 saturated heterocycles. The zero-order valence-corrected chi connectivity index (χ0v) is 13.7. The topological polar surface area (TPSA) is 42.4 Å². The van der Waals surface area contributed by atoms with Gasteiger partial charge in [0, 0.05) is 19.0 Å². The monoisotopic (exact) mass is 308 g/mol. The predicted molar refractivity (Wildman–Crippen MR) is 84.7 cm³/mol. The van der Waals surface area contributed by atoms with Crippen LogP contribution in [-0.2, 0) is 16.0 Å². The second-order valence-electron chi connectivity index (χ2n) is 6.42. The van der Waals surface area contributed by atoms with Crippen molar-refractivity contribution in [3.05, 3.63) is 11.1 Å². The number of nitrogens with zero attached hydrogens (tertiary/aromatic N) is 2. The van der Waals surface area contributed by atoms with E-state index in [2.05, 4.69) is 16.9 Å². The van der Waals surface area contributed by atoms with Gasteiger partial charge in [0.2, 0.25) is 0 Å². The van der Waals surface area contributed by atoms with E-state index in [1.54, 1.807) is 11.3 Å². The van der Waals surface area contributed by atoms with Gasteiger partial charge in [0.1, 0.15) is 0 Å². The summed E-state index contributed by atoms with van der Waals surface area (Å²) in [7, 11) is 2.12. The maximum absolute atomic E-state index is 11.5. The molecule has 2 aliphatic rings. The predicted octanol–water partition coefficient (Wildman–Crippen LogP) is 3.12. The van der Waals surface area contributed by atoms with Crippen LogP contribution in [-0.4, -0.2) is 31.2 Å².